The molecule has 0 aromatic heterocycles. The highest BCUT2D eigenvalue weighted by atomic mass is 79.9. The van der Waals surface area contributed by atoms with Crippen molar-refractivity contribution >= 4 is 27.7 Å². The Morgan fingerprint density at radius 1 is 1.09 bits per heavy atom. The van der Waals surface area contributed by atoms with Crippen LogP contribution >= 0.6 is 27.7 Å². The molecule has 2 aromatic carbocycles. The summed E-state index contributed by atoms with van der Waals surface area (Å²) in [4.78, 5) is 4.02. The Morgan fingerprint density at radius 3 is 2.68 bits per heavy atom. The van der Waals surface area contributed by atoms with Gasteiger partial charge in [0.1, 0.15) is 0 Å². The Balaban J connectivity index is 1.79. The van der Waals surface area contributed by atoms with Gasteiger partial charge in [0.2, 0.25) is 0 Å². The number of hydrogen-bond donors (Lipinski definition) is 0. The van der Waals surface area contributed by atoms with E-state index < -0.39 is 0 Å². The normalized spacial score (nSPS) is 24.1. The van der Waals surface area contributed by atoms with Gasteiger partial charge < -0.3 is 0 Å². The van der Waals surface area contributed by atoms with Gasteiger partial charge in [0, 0.05) is 27.9 Å². The van der Waals surface area contributed by atoms with Crippen LogP contribution in [0, 0.1) is 0 Å². The molecule has 1 nitrogen and oxygen atoms in total. The minimum Gasteiger partial charge on any atom is -0.295 e. The summed E-state index contributed by atoms with van der Waals surface area (Å²) in [7, 11) is 0. The maximum Gasteiger partial charge on any atom is 0.0351 e. The predicted molar refractivity (Wildman–Crippen MR) is 97.8 cm³/mol. The maximum atomic E-state index is 3.67. The Bertz CT molecular complexity index is 682. The van der Waals surface area contributed by atoms with Crippen molar-refractivity contribution in [1.82, 2.24) is 4.90 Å². The smallest absolute Gasteiger partial charge is 0.0351 e. The molecule has 1 fully saturated rings. The first-order valence-electron chi connectivity index (χ1n) is 7.93. The predicted octanol–water partition coefficient (Wildman–Crippen LogP) is 5.45. The van der Waals surface area contributed by atoms with Crippen LogP contribution in [0.25, 0.3) is 0 Å². The summed E-state index contributed by atoms with van der Waals surface area (Å²) < 4.78 is 1.20. The molecule has 2 atom stereocenters. The quantitative estimate of drug-likeness (QED) is 0.643. The molecule has 3 heteroatoms. The fourth-order valence-corrected chi connectivity index (χ4v) is 4.79. The van der Waals surface area contributed by atoms with Crippen LogP contribution in [-0.4, -0.2) is 24.2 Å². The van der Waals surface area contributed by atoms with Gasteiger partial charge in [-0.25, -0.2) is 0 Å². The standard InChI is InChI=1S/C19H20BrNS/c1-22-15-7-4-13(5-8-15)18-12-21-10-2-3-19(21)16-9-6-14(20)11-17(16)18/h4-9,11,18-19H,2-3,10,12H2,1H3/t18-,19+/m0/s1. The summed E-state index contributed by atoms with van der Waals surface area (Å²) in [5.74, 6) is 0.498. The third kappa shape index (κ3) is 2.53. The van der Waals surface area contributed by atoms with E-state index in [1.54, 1.807) is 5.56 Å². The number of halogens is 1. The van der Waals surface area contributed by atoms with Gasteiger partial charge in [-0.1, -0.05) is 34.1 Å². The van der Waals surface area contributed by atoms with Gasteiger partial charge >= 0.3 is 0 Å². The molecule has 1 saturated heterocycles. The second-order valence-corrected chi connectivity index (χ2v) is 8.05. The molecule has 0 N–H and O–H groups in total. The summed E-state index contributed by atoms with van der Waals surface area (Å²) in [5, 5.41) is 0. The molecule has 2 heterocycles. The highest BCUT2D eigenvalue weighted by molar-refractivity contribution is 9.10. The largest absolute Gasteiger partial charge is 0.295 e. The molecule has 0 spiro atoms. The van der Waals surface area contributed by atoms with E-state index in [0.717, 1.165) is 6.54 Å². The van der Waals surface area contributed by atoms with Gasteiger partial charge in [0.25, 0.3) is 0 Å². The second kappa shape index (κ2) is 6.03. The van der Waals surface area contributed by atoms with Crippen molar-refractivity contribution in [3.05, 3.63) is 63.6 Å². The minimum atomic E-state index is 0.498. The van der Waals surface area contributed by atoms with Crippen LogP contribution in [0.2, 0.25) is 0 Å². The SMILES string of the molecule is CSc1ccc([C@@H]2CN3CCC[C@@H]3c3ccc(Br)cc32)cc1. The van der Waals surface area contributed by atoms with Crippen molar-refractivity contribution in [2.45, 2.75) is 29.7 Å². The van der Waals surface area contributed by atoms with Gasteiger partial charge in [-0.15, -0.1) is 11.8 Å². The average molecular weight is 374 g/mol. The van der Waals surface area contributed by atoms with E-state index in [1.807, 2.05) is 11.8 Å². The van der Waals surface area contributed by atoms with Crippen molar-refractivity contribution in [3.63, 3.8) is 0 Å². The van der Waals surface area contributed by atoms with Crippen molar-refractivity contribution < 1.29 is 0 Å². The topological polar surface area (TPSA) is 3.24 Å². The second-order valence-electron chi connectivity index (χ2n) is 6.25. The van der Waals surface area contributed by atoms with Crippen LogP contribution in [0.1, 0.15) is 41.5 Å². The minimum absolute atomic E-state index is 0.498. The van der Waals surface area contributed by atoms with Crippen molar-refractivity contribution in [3.8, 4) is 0 Å². The van der Waals surface area contributed by atoms with Crippen molar-refractivity contribution in [1.29, 1.82) is 0 Å². The van der Waals surface area contributed by atoms with E-state index in [0.29, 0.717) is 12.0 Å². The summed E-state index contributed by atoms with van der Waals surface area (Å²) in [6, 6.07) is 16.7. The van der Waals surface area contributed by atoms with Crippen LogP contribution in [0.5, 0.6) is 0 Å². The molecule has 0 radical (unpaired) electrons. The third-order valence-corrected chi connectivity index (χ3v) is 6.32. The van der Waals surface area contributed by atoms with Gasteiger partial charge in [0.05, 0.1) is 0 Å². The Hall–Kier alpha value is -0.770. The van der Waals surface area contributed by atoms with Crippen LogP contribution < -0.4 is 0 Å². The van der Waals surface area contributed by atoms with Gasteiger partial charge in [-0.05, 0) is 66.6 Å². The van der Waals surface area contributed by atoms with Gasteiger partial charge in [0.15, 0.2) is 0 Å². The van der Waals surface area contributed by atoms with E-state index in [-0.39, 0.29) is 0 Å². The summed E-state index contributed by atoms with van der Waals surface area (Å²) in [6.07, 6.45) is 4.78. The van der Waals surface area contributed by atoms with Crippen molar-refractivity contribution in [2.75, 3.05) is 19.3 Å². The molecular weight excluding hydrogens is 354 g/mol. The van der Waals surface area contributed by atoms with E-state index in [9.17, 15) is 0 Å². The van der Waals surface area contributed by atoms with E-state index >= 15 is 0 Å². The summed E-state index contributed by atoms with van der Waals surface area (Å²) in [6.45, 7) is 2.41. The van der Waals surface area contributed by atoms with Crippen LogP contribution in [-0.2, 0) is 0 Å². The highest BCUT2D eigenvalue weighted by Crippen LogP contribution is 2.45. The van der Waals surface area contributed by atoms with Crippen LogP contribution in [0.15, 0.2) is 51.8 Å². The lowest BCUT2D eigenvalue weighted by atomic mass is 9.82. The molecule has 0 saturated carbocycles. The molecule has 4 rings (SSSR count). The lowest BCUT2D eigenvalue weighted by molar-refractivity contribution is 0.230. The summed E-state index contributed by atoms with van der Waals surface area (Å²) >= 11 is 5.48. The molecule has 114 valence electrons. The molecule has 0 bridgehead atoms. The molecule has 0 amide bonds. The fourth-order valence-electron chi connectivity index (χ4n) is 4.00. The van der Waals surface area contributed by atoms with Gasteiger partial charge in [-0.2, -0.15) is 0 Å². The number of rotatable bonds is 2. The Labute approximate surface area is 145 Å². The summed E-state index contributed by atoms with van der Waals surface area (Å²) in [5.41, 5.74) is 4.52. The van der Waals surface area contributed by atoms with Crippen molar-refractivity contribution in [2.24, 2.45) is 0 Å². The first kappa shape index (κ1) is 14.8. The average Bonchev–Trinajstić information content (AvgIpc) is 3.02. The Kier molecular flexibility index (Phi) is 4.05. The molecule has 0 unspecified atom stereocenters. The fraction of sp³-hybridized carbons (Fsp3) is 0.368. The number of hydrogen-bond acceptors (Lipinski definition) is 2. The highest BCUT2D eigenvalue weighted by Gasteiger charge is 2.36. The first-order chi connectivity index (χ1) is 10.8. The number of thioether (sulfide) groups is 1. The Morgan fingerprint density at radius 2 is 1.91 bits per heavy atom. The first-order valence-corrected chi connectivity index (χ1v) is 9.95. The molecule has 2 aliphatic heterocycles. The zero-order valence-electron chi connectivity index (χ0n) is 12.8. The van der Waals surface area contributed by atoms with Gasteiger partial charge in [-0.3, -0.25) is 4.90 Å². The van der Waals surface area contributed by atoms with E-state index in [2.05, 4.69) is 69.6 Å². The lowest BCUT2D eigenvalue weighted by Gasteiger charge is -2.37. The van der Waals surface area contributed by atoms with Crippen LogP contribution in [0.4, 0.5) is 0 Å². The molecule has 22 heavy (non-hydrogen) atoms. The maximum absolute atomic E-state index is 3.67. The number of fused-ring (bicyclic) bond motifs is 3. The monoisotopic (exact) mass is 373 g/mol. The molecule has 2 aromatic rings. The molecule has 0 aliphatic carbocycles. The van der Waals surface area contributed by atoms with E-state index in [1.165, 1.54) is 39.9 Å². The van der Waals surface area contributed by atoms with E-state index in [4.69, 9.17) is 0 Å². The third-order valence-electron chi connectivity index (χ3n) is 5.08. The van der Waals surface area contributed by atoms with Crippen LogP contribution in [0.3, 0.4) is 0 Å². The molecular formula is C19H20BrNS. The lowest BCUT2D eigenvalue weighted by Crippen LogP contribution is -2.34. The number of nitrogens with zero attached hydrogens (tertiary/aromatic N) is 1. The zero-order chi connectivity index (χ0) is 15.1. The zero-order valence-corrected chi connectivity index (χ0v) is 15.2. The molecule has 2 aliphatic rings. The number of benzene rings is 2.